The number of ether oxygens (including phenoxy) is 2. The Morgan fingerprint density at radius 2 is 1.65 bits per heavy atom. The van der Waals surface area contributed by atoms with Gasteiger partial charge in [0.15, 0.2) is 11.6 Å². The zero-order chi connectivity index (χ0) is 17.0. The maximum Gasteiger partial charge on any atom is 0.343 e. The monoisotopic (exact) mass is 317 g/mol. The van der Waals surface area contributed by atoms with Crippen LogP contribution < -0.4 is 9.47 Å². The summed E-state index contributed by atoms with van der Waals surface area (Å²) < 4.78 is 36.7. The number of nitrogens with zero attached hydrogens (tertiary/aromatic N) is 1. The molecule has 116 valence electrons. The molecule has 0 aliphatic heterocycles. The van der Waals surface area contributed by atoms with Gasteiger partial charge in [-0.1, -0.05) is 0 Å². The molecule has 5 nitrogen and oxygen atoms in total. The third-order valence-corrected chi connectivity index (χ3v) is 2.72. The molecular formula is C16H9F2NO4. The van der Waals surface area contributed by atoms with Crippen LogP contribution in [0.3, 0.4) is 0 Å². The highest BCUT2D eigenvalue weighted by Crippen LogP contribution is 2.23. The molecule has 0 amide bonds. The van der Waals surface area contributed by atoms with E-state index in [9.17, 15) is 18.4 Å². The number of carbonyl (C=O) groups excluding carboxylic acids is 2. The highest BCUT2D eigenvalue weighted by atomic mass is 19.2. The van der Waals surface area contributed by atoms with Crippen molar-refractivity contribution >= 4 is 11.9 Å². The zero-order valence-corrected chi connectivity index (χ0v) is 11.8. The van der Waals surface area contributed by atoms with Gasteiger partial charge in [0.05, 0.1) is 11.1 Å². The van der Waals surface area contributed by atoms with Crippen molar-refractivity contribution in [1.82, 2.24) is 0 Å². The largest absolute Gasteiger partial charge is 0.427 e. The Bertz CT molecular complexity index is 810. The van der Waals surface area contributed by atoms with Crippen molar-refractivity contribution in [2.75, 3.05) is 0 Å². The summed E-state index contributed by atoms with van der Waals surface area (Å²) in [5, 5.41) is 8.58. The van der Waals surface area contributed by atoms with Crippen LogP contribution in [0.25, 0.3) is 0 Å². The number of hydrogen-bond donors (Lipinski definition) is 0. The lowest BCUT2D eigenvalue weighted by atomic mass is 10.2. The fourth-order valence-corrected chi connectivity index (χ4v) is 1.68. The summed E-state index contributed by atoms with van der Waals surface area (Å²) in [5.74, 6) is -4.66. The molecule has 0 atom stereocenters. The van der Waals surface area contributed by atoms with Crippen molar-refractivity contribution in [3.05, 3.63) is 59.2 Å². The van der Waals surface area contributed by atoms with Gasteiger partial charge >= 0.3 is 11.9 Å². The van der Waals surface area contributed by atoms with Gasteiger partial charge in [0, 0.05) is 6.92 Å². The molecule has 0 aliphatic rings. The summed E-state index contributed by atoms with van der Waals surface area (Å²) in [6.45, 7) is 1.23. The summed E-state index contributed by atoms with van der Waals surface area (Å²) in [7, 11) is 0. The molecule has 0 saturated carbocycles. The van der Waals surface area contributed by atoms with Crippen LogP contribution in [-0.2, 0) is 4.79 Å². The van der Waals surface area contributed by atoms with Crippen LogP contribution >= 0.6 is 0 Å². The SMILES string of the molecule is CC(=O)Oc1ccc(C(=O)Oc2ccc(C#N)c(F)c2F)cc1. The molecule has 0 aliphatic carbocycles. The number of esters is 2. The van der Waals surface area contributed by atoms with Crippen molar-refractivity contribution in [2.24, 2.45) is 0 Å². The first-order chi connectivity index (χ1) is 10.9. The van der Waals surface area contributed by atoms with Crippen molar-refractivity contribution in [3.8, 4) is 17.6 Å². The minimum Gasteiger partial charge on any atom is -0.427 e. The van der Waals surface area contributed by atoms with E-state index >= 15 is 0 Å². The highest BCUT2D eigenvalue weighted by molar-refractivity contribution is 5.91. The van der Waals surface area contributed by atoms with Crippen molar-refractivity contribution in [2.45, 2.75) is 6.92 Å². The maximum absolute atomic E-state index is 13.7. The fourth-order valence-electron chi connectivity index (χ4n) is 1.68. The quantitative estimate of drug-likeness (QED) is 0.642. The van der Waals surface area contributed by atoms with Gasteiger partial charge in [0.2, 0.25) is 5.82 Å². The highest BCUT2D eigenvalue weighted by Gasteiger charge is 2.18. The van der Waals surface area contributed by atoms with E-state index in [-0.39, 0.29) is 11.3 Å². The number of benzene rings is 2. The van der Waals surface area contributed by atoms with Crippen molar-refractivity contribution < 1.29 is 27.8 Å². The lowest BCUT2D eigenvalue weighted by molar-refractivity contribution is -0.131. The molecule has 0 bridgehead atoms. The Hall–Kier alpha value is -3.27. The number of halogens is 2. The van der Waals surface area contributed by atoms with Crippen LogP contribution in [0.2, 0.25) is 0 Å². The van der Waals surface area contributed by atoms with Gasteiger partial charge in [0.1, 0.15) is 11.8 Å². The van der Waals surface area contributed by atoms with E-state index in [0.29, 0.717) is 0 Å². The van der Waals surface area contributed by atoms with Crippen LogP contribution in [0.15, 0.2) is 36.4 Å². The minimum absolute atomic E-state index is 0.0464. The van der Waals surface area contributed by atoms with Gasteiger partial charge in [-0.25, -0.2) is 9.18 Å². The molecule has 2 aromatic rings. The second-order valence-corrected chi connectivity index (χ2v) is 4.36. The molecule has 0 heterocycles. The number of rotatable bonds is 3. The number of nitriles is 1. The molecule has 0 fully saturated rings. The minimum atomic E-state index is -1.42. The zero-order valence-electron chi connectivity index (χ0n) is 11.8. The molecule has 0 saturated heterocycles. The first kappa shape index (κ1) is 16.1. The first-order valence-corrected chi connectivity index (χ1v) is 6.31. The summed E-state index contributed by atoms with van der Waals surface area (Å²) in [6.07, 6.45) is 0. The number of hydrogen-bond acceptors (Lipinski definition) is 5. The smallest absolute Gasteiger partial charge is 0.343 e. The molecule has 2 rings (SSSR count). The van der Waals surface area contributed by atoms with Crippen LogP contribution in [0, 0.1) is 23.0 Å². The predicted molar refractivity (Wildman–Crippen MR) is 73.8 cm³/mol. The third kappa shape index (κ3) is 3.68. The average Bonchev–Trinajstić information content (AvgIpc) is 2.52. The second kappa shape index (κ2) is 6.66. The topological polar surface area (TPSA) is 76.4 Å². The van der Waals surface area contributed by atoms with Crippen LogP contribution in [0.5, 0.6) is 11.5 Å². The van der Waals surface area contributed by atoms with E-state index in [1.165, 1.54) is 37.3 Å². The fraction of sp³-hybridized carbons (Fsp3) is 0.0625. The van der Waals surface area contributed by atoms with Gasteiger partial charge in [0.25, 0.3) is 0 Å². The lowest BCUT2D eigenvalue weighted by Gasteiger charge is -2.07. The Morgan fingerprint density at radius 1 is 1.00 bits per heavy atom. The standard InChI is InChI=1S/C16H9F2NO4/c1-9(20)22-12-5-2-10(3-6-12)16(21)23-13-7-4-11(8-19)14(17)15(13)18/h2-7H,1H3. The van der Waals surface area contributed by atoms with Gasteiger partial charge in [-0.15, -0.1) is 0 Å². The normalized spacial score (nSPS) is 9.83. The molecule has 23 heavy (non-hydrogen) atoms. The molecule has 0 unspecified atom stereocenters. The van der Waals surface area contributed by atoms with E-state index in [2.05, 4.69) is 0 Å². The second-order valence-electron chi connectivity index (χ2n) is 4.36. The predicted octanol–water partition coefficient (Wildman–Crippen LogP) is 2.98. The molecule has 0 aromatic heterocycles. The Morgan fingerprint density at radius 3 is 2.22 bits per heavy atom. The average molecular weight is 317 g/mol. The molecule has 0 radical (unpaired) electrons. The van der Waals surface area contributed by atoms with Gasteiger partial charge in [-0.2, -0.15) is 9.65 Å². The lowest BCUT2D eigenvalue weighted by Crippen LogP contribution is -2.10. The Kier molecular flexibility index (Phi) is 4.66. The number of carbonyl (C=O) groups is 2. The van der Waals surface area contributed by atoms with Crippen molar-refractivity contribution in [1.29, 1.82) is 5.26 Å². The Labute approximate surface area is 129 Å². The van der Waals surface area contributed by atoms with Crippen LogP contribution in [-0.4, -0.2) is 11.9 Å². The van der Waals surface area contributed by atoms with Crippen molar-refractivity contribution in [3.63, 3.8) is 0 Å². The summed E-state index contributed by atoms with van der Waals surface area (Å²) in [6, 6.07) is 8.78. The first-order valence-electron chi connectivity index (χ1n) is 6.31. The van der Waals surface area contributed by atoms with E-state index in [1.807, 2.05) is 0 Å². The van der Waals surface area contributed by atoms with E-state index in [0.717, 1.165) is 12.1 Å². The Balaban J connectivity index is 2.18. The molecule has 0 spiro atoms. The molecule has 0 N–H and O–H groups in total. The van der Waals surface area contributed by atoms with Crippen LogP contribution in [0.1, 0.15) is 22.8 Å². The maximum atomic E-state index is 13.7. The van der Waals surface area contributed by atoms with E-state index in [4.69, 9.17) is 14.7 Å². The summed E-state index contributed by atoms with van der Waals surface area (Å²) in [4.78, 5) is 22.7. The van der Waals surface area contributed by atoms with Crippen LogP contribution in [0.4, 0.5) is 8.78 Å². The molecular weight excluding hydrogens is 308 g/mol. The summed E-state index contributed by atoms with van der Waals surface area (Å²) in [5.41, 5.74) is -0.446. The molecule has 7 heteroatoms. The van der Waals surface area contributed by atoms with E-state index < -0.39 is 34.9 Å². The van der Waals surface area contributed by atoms with Gasteiger partial charge < -0.3 is 9.47 Å². The third-order valence-electron chi connectivity index (χ3n) is 2.72. The van der Waals surface area contributed by atoms with Gasteiger partial charge in [-0.05, 0) is 36.4 Å². The van der Waals surface area contributed by atoms with E-state index in [1.54, 1.807) is 0 Å². The molecule has 2 aromatic carbocycles. The summed E-state index contributed by atoms with van der Waals surface area (Å²) >= 11 is 0. The van der Waals surface area contributed by atoms with Gasteiger partial charge in [-0.3, -0.25) is 4.79 Å².